The van der Waals surface area contributed by atoms with Crippen LogP contribution in [-0.2, 0) is 10.4 Å². The number of pyridine rings is 1. The van der Waals surface area contributed by atoms with Crippen molar-refractivity contribution in [1.82, 2.24) is 30.6 Å². The van der Waals surface area contributed by atoms with Crippen molar-refractivity contribution in [2.75, 3.05) is 18.4 Å². The van der Waals surface area contributed by atoms with Crippen LogP contribution in [0.2, 0.25) is 0 Å². The van der Waals surface area contributed by atoms with Gasteiger partial charge in [0.2, 0.25) is 0 Å². The van der Waals surface area contributed by atoms with E-state index in [4.69, 9.17) is 4.98 Å². The molecule has 1 aliphatic rings. The summed E-state index contributed by atoms with van der Waals surface area (Å²) in [6.07, 6.45) is 5.71. The fraction of sp³-hybridized carbons (Fsp3) is 0.379. The van der Waals surface area contributed by atoms with Crippen LogP contribution in [0, 0.1) is 5.41 Å². The molecule has 11 nitrogen and oxygen atoms in total. The van der Waals surface area contributed by atoms with Crippen LogP contribution in [0.15, 0.2) is 42.3 Å². The Morgan fingerprint density at radius 2 is 1.90 bits per heavy atom. The zero-order valence-electron chi connectivity index (χ0n) is 23.4. The molecule has 2 amide bonds. The number of anilines is 1. The smallest absolute Gasteiger partial charge is 0.320 e. The minimum atomic E-state index is -1.22. The zero-order chi connectivity index (χ0) is 29.4. The number of hydrogen-bond acceptors (Lipinski definition) is 9. The molecule has 0 spiro atoms. The van der Waals surface area contributed by atoms with Gasteiger partial charge in [-0.05, 0) is 58.7 Å². The number of nitrogens with one attached hydrogen (secondary N) is 3. The molecule has 41 heavy (non-hydrogen) atoms. The number of carbonyl (C=O) groups is 2. The summed E-state index contributed by atoms with van der Waals surface area (Å²) >= 11 is 1.48. The van der Waals surface area contributed by atoms with E-state index in [-0.39, 0.29) is 5.82 Å². The molecule has 5 rings (SSSR count). The minimum Gasteiger partial charge on any atom is -0.481 e. The highest BCUT2D eigenvalue weighted by Gasteiger charge is 2.41. The molecule has 1 fully saturated rings. The van der Waals surface area contributed by atoms with Gasteiger partial charge in [-0.2, -0.15) is 0 Å². The van der Waals surface area contributed by atoms with E-state index in [1.54, 1.807) is 44.9 Å². The number of piperidine rings is 1. The predicted octanol–water partition coefficient (Wildman–Crippen LogP) is 4.70. The second kappa shape index (κ2) is 11.1. The molecule has 0 bridgehead atoms. The maximum Gasteiger partial charge on any atom is 0.320 e. The van der Waals surface area contributed by atoms with Crippen molar-refractivity contribution < 1.29 is 19.8 Å². The quantitative estimate of drug-likeness (QED) is 0.210. The number of urea groups is 1. The van der Waals surface area contributed by atoms with Crippen molar-refractivity contribution in [3.05, 3.63) is 53.7 Å². The Morgan fingerprint density at radius 1 is 1.15 bits per heavy atom. The summed E-state index contributed by atoms with van der Waals surface area (Å²) in [6.45, 7) is 7.75. The van der Waals surface area contributed by atoms with Crippen molar-refractivity contribution in [3.8, 4) is 22.3 Å². The number of carboxylic acid groups (broad SMARTS) is 1. The normalized spacial score (nSPS) is 19.2. The summed E-state index contributed by atoms with van der Waals surface area (Å²) in [5.41, 5.74) is 3.99. The Labute approximate surface area is 241 Å². The Bertz CT molecular complexity index is 1600. The summed E-state index contributed by atoms with van der Waals surface area (Å²) in [6, 6.07) is 4.99. The van der Waals surface area contributed by atoms with Crippen molar-refractivity contribution >= 4 is 39.4 Å². The fourth-order valence-corrected chi connectivity index (χ4v) is 6.02. The van der Waals surface area contributed by atoms with Gasteiger partial charge in [0, 0.05) is 53.4 Å². The van der Waals surface area contributed by atoms with Crippen LogP contribution < -0.4 is 16.0 Å². The average Bonchev–Trinajstić information content (AvgIpc) is 3.42. The highest BCUT2D eigenvalue weighted by Crippen LogP contribution is 2.47. The number of benzene rings is 1. The van der Waals surface area contributed by atoms with Gasteiger partial charge in [-0.25, -0.2) is 24.7 Å². The van der Waals surface area contributed by atoms with Gasteiger partial charge in [0.25, 0.3) is 0 Å². The number of rotatable bonds is 7. The van der Waals surface area contributed by atoms with Gasteiger partial charge in [0.1, 0.15) is 11.4 Å². The lowest BCUT2D eigenvalue weighted by atomic mass is 9.74. The lowest BCUT2D eigenvalue weighted by Gasteiger charge is -2.37. The van der Waals surface area contributed by atoms with Crippen LogP contribution in [0.5, 0.6) is 0 Å². The predicted molar refractivity (Wildman–Crippen MR) is 158 cm³/mol. The van der Waals surface area contributed by atoms with E-state index in [0.29, 0.717) is 48.4 Å². The van der Waals surface area contributed by atoms with Gasteiger partial charge >= 0.3 is 12.0 Å². The van der Waals surface area contributed by atoms with E-state index in [9.17, 15) is 19.8 Å². The van der Waals surface area contributed by atoms with E-state index in [1.165, 1.54) is 11.3 Å². The Hall–Kier alpha value is -4.00. The molecule has 0 aliphatic carbocycles. The second-order valence-electron chi connectivity index (χ2n) is 11.0. The summed E-state index contributed by atoms with van der Waals surface area (Å²) in [4.78, 5) is 43.2. The number of carboxylic acids is 1. The average molecular weight is 576 g/mol. The molecule has 214 valence electrons. The molecule has 3 aromatic heterocycles. The van der Waals surface area contributed by atoms with E-state index in [0.717, 1.165) is 21.3 Å². The lowest BCUT2D eigenvalue weighted by molar-refractivity contribution is -0.150. The summed E-state index contributed by atoms with van der Waals surface area (Å²) in [5.74, 6) is -0.243. The number of aromatic nitrogens is 4. The van der Waals surface area contributed by atoms with E-state index in [1.807, 2.05) is 25.1 Å². The van der Waals surface area contributed by atoms with Gasteiger partial charge in [-0.1, -0.05) is 12.1 Å². The molecule has 1 saturated heterocycles. The van der Waals surface area contributed by atoms with Crippen LogP contribution in [-0.4, -0.2) is 55.2 Å². The summed E-state index contributed by atoms with van der Waals surface area (Å²) in [7, 11) is 0. The largest absolute Gasteiger partial charge is 0.481 e. The first-order valence-electron chi connectivity index (χ1n) is 13.4. The summed E-state index contributed by atoms with van der Waals surface area (Å²) in [5, 5.41) is 29.7. The molecule has 5 N–H and O–H groups in total. The van der Waals surface area contributed by atoms with Crippen LogP contribution >= 0.6 is 11.3 Å². The number of thiazole rings is 1. The second-order valence-corrected chi connectivity index (χ2v) is 11.8. The Balaban J connectivity index is 1.80. The van der Waals surface area contributed by atoms with E-state index in [2.05, 4.69) is 30.9 Å². The number of nitrogens with zero attached hydrogens (tertiary/aromatic N) is 4. The van der Waals surface area contributed by atoms with Gasteiger partial charge in [-0.3, -0.25) is 10.1 Å². The number of hydrogen-bond donors (Lipinski definition) is 5. The molecule has 2 atom stereocenters. The maximum atomic E-state index is 12.8. The van der Waals surface area contributed by atoms with Crippen LogP contribution in [0.4, 0.5) is 10.6 Å². The lowest BCUT2D eigenvalue weighted by Crippen LogP contribution is -2.42. The number of carbonyl (C=O) groups excluding carboxylic acids is 1. The van der Waals surface area contributed by atoms with Crippen molar-refractivity contribution in [2.45, 2.75) is 52.2 Å². The SMILES string of the molecule is CCNC(=O)Nc1ncc(-c2cnc(C(C)(C)O)nc2)c(C2CC(C)(C(=O)O)CCN2)c1-c1cccc2ncsc12. The van der Waals surface area contributed by atoms with Crippen molar-refractivity contribution in [3.63, 3.8) is 0 Å². The molecule has 12 heteroatoms. The van der Waals surface area contributed by atoms with Crippen LogP contribution in [0.25, 0.3) is 32.5 Å². The topological polar surface area (TPSA) is 162 Å². The van der Waals surface area contributed by atoms with Crippen LogP contribution in [0.1, 0.15) is 58.0 Å². The van der Waals surface area contributed by atoms with Gasteiger partial charge in [-0.15, -0.1) is 11.3 Å². The first-order chi connectivity index (χ1) is 19.5. The van der Waals surface area contributed by atoms with E-state index < -0.39 is 29.1 Å². The van der Waals surface area contributed by atoms with Crippen LogP contribution in [0.3, 0.4) is 0 Å². The van der Waals surface area contributed by atoms with Crippen molar-refractivity contribution in [2.24, 2.45) is 5.41 Å². The third kappa shape index (κ3) is 5.63. The number of fused-ring (bicyclic) bond motifs is 1. The van der Waals surface area contributed by atoms with Crippen molar-refractivity contribution in [1.29, 1.82) is 0 Å². The van der Waals surface area contributed by atoms with Gasteiger partial charge in [0.15, 0.2) is 5.82 Å². The molecule has 1 aromatic carbocycles. The zero-order valence-corrected chi connectivity index (χ0v) is 24.2. The summed E-state index contributed by atoms with van der Waals surface area (Å²) < 4.78 is 0.914. The molecule has 0 saturated carbocycles. The molecule has 2 unspecified atom stereocenters. The molecule has 0 radical (unpaired) electrons. The van der Waals surface area contributed by atoms with Gasteiger partial charge < -0.3 is 20.8 Å². The number of aliphatic carboxylic acids is 1. The Kier molecular flexibility index (Phi) is 7.73. The third-order valence-electron chi connectivity index (χ3n) is 7.41. The monoisotopic (exact) mass is 575 g/mol. The standard InChI is InChI=1S/C29H33N7O4S/c1-5-30-27(39)36-24-22(17-7-6-8-19-23(17)41-15-35-19)21(20-11-29(4,26(37)38)9-10-31-20)18(14-32-24)16-12-33-25(34-13-16)28(2,3)40/h6-8,12-15,20,31,40H,5,9-11H2,1-4H3,(H,37,38)(H2,30,32,36,39). The van der Waals surface area contributed by atoms with E-state index >= 15 is 0 Å². The first-order valence-corrected chi connectivity index (χ1v) is 14.3. The number of aliphatic hydroxyl groups is 1. The fourth-order valence-electron chi connectivity index (χ4n) is 5.21. The maximum absolute atomic E-state index is 12.8. The molecular weight excluding hydrogens is 542 g/mol. The highest BCUT2D eigenvalue weighted by molar-refractivity contribution is 7.17. The molecule has 4 heterocycles. The Morgan fingerprint density at radius 3 is 2.59 bits per heavy atom. The number of amides is 2. The first kappa shape index (κ1) is 28.5. The highest BCUT2D eigenvalue weighted by atomic mass is 32.1. The minimum absolute atomic E-state index is 0.272. The van der Waals surface area contributed by atoms with Gasteiger partial charge in [0.05, 0.1) is 21.1 Å². The third-order valence-corrected chi connectivity index (χ3v) is 8.29. The molecule has 1 aliphatic heterocycles. The molecule has 4 aromatic rings. The molecular formula is C29H33N7O4S.